The van der Waals surface area contributed by atoms with Crippen LogP contribution >= 0.6 is 11.3 Å². The third-order valence-electron chi connectivity index (χ3n) is 3.66. The van der Waals surface area contributed by atoms with Crippen molar-refractivity contribution in [2.75, 3.05) is 13.7 Å². The van der Waals surface area contributed by atoms with Gasteiger partial charge in [0.25, 0.3) is 0 Å². The number of thiophene rings is 1. The first-order chi connectivity index (χ1) is 7.79. The number of hydrogen-bond acceptors (Lipinski definition) is 3. The van der Waals surface area contributed by atoms with Crippen LogP contribution in [0.1, 0.15) is 43.5 Å². The fraction of sp³-hybridized carbons (Fsp3) is 0.692. The van der Waals surface area contributed by atoms with Gasteiger partial charge in [0.15, 0.2) is 0 Å². The lowest BCUT2D eigenvalue weighted by atomic mass is 9.80. The highest BCUT2D eigenvalue weighted by molar-refractivity contribution is 7.10. The Labute approximate surface area is 102 Å². The standard InChI is InChI=1S/C13H21NOS/c1-3-11(12-6-4-9-16-12)14-10-13(15-2)7-5-8-13/h4,6,9,11,14H,3,5,7-8,10H2,1-2H3. The summed E-state index contributed by atoms with van der Waals surface area (Å²) in [5.41, 5.74) is 0.130. The van der Waals surface area contributed by atoms with E-state index < -0.39 is 0 Å². The van der Waals surface area contributed by atoms with Crippen LogP contribution in [0.4, 0.5) is 0 Å². The van der Waals surface area contributed by atoms with E-state index in [0.717, 1.165) is 13.0 Å². The van der Waals surface area contributed by atoms with Crippen molar-refractivity contribution in [3.05, 3.63) is 22.4 Å². The molecule has 1 aromatic heterocycles. The molecule has 0 radical (unpaired) electrons. The van der Waals surface area contributed by atoms with E-state index in [2.05, 4.69) is 29.8 Å². The number of rotatable bonds is 6. The van der Waals surface area contributed by atoms with Crippen molar-refractivity contribution >= 4 is 11.3 Å². The zero-order valence-corrected chi connectivity index (χ0v) is 11.0. The zero-order chi connectivity index (χ0) is 11.4. The van der Waals surface area contributed by atoms with Crippen LogP contribution in [0.5, 0.6) is 0 Å². The van der Waals surface area contributed by atoms with Crippen molar-refractivity contribution in [2.24, 2.45) is 0 Å². The first kappa shape index (κ1) is 12.1. The number of methoxy groups -OCH3 is 1. The molecule has 1 unspecified atom stereocenters. The predicted molar refractivity (Wildman–Crippen MR) is 68.9 cm³/mol. The lowest BCUT2D eigenvalue weighted by Crippen LogP contribution is -2.48. The van der Waals surface area contributed by atoms with Crippen LogP contribution in [0.3, 0.4) is 0 Å². The molecule has 1 atom stereocenters. The highest BCUT2D eigenvalue weighted by atomic mass is 32.1. The van der Waals surface area contributed by atoms with Gasteiger partial charge in [-0.1, -0.05) is 13.0 Å². The van der Waals surface area contributed by atoms with Gasteiger partial charge in [-0.2, -0.15) is 0 Å². The summed E-state index contributed by atoms with van der Waals surface area (Å²) in [4.78, 5) is 1.44. The van der Waals surface area contributed by atoms with Gasteiger partial charge in [0.2, 0.25) is 0 Å². The minimum atomic E-state index is 0.130. The molecule has 1 fully saturated rings. The predicted octanol–water partition coefficient (Wildman–Crippen LogP) is 3.36. The molecule has 16 heavy (non-hydrogen) atoms. The summed E-state index contributed by atoms with van der Waals surface area (Å²) in [6, 6.07) is 4.83. The second-order valence-corrected chi connectivity index (χ2v) is 5.58. The van der Waals surface area contributed by atoms with Crippen LogP contribution in [0, 0.1) is 0 Å². The molecule has 1 N–H and O–H groups in total. The first-order valence-corrected chi connectivity index (χ1v) is 6.99. The van der Waals surface area contributed by atoms with Crippen molar-refractivity contribution < 1.29 is 4.74 Å². The van der Waals surface area contributed by atoms with Crippen LogP contribution in [-0.2, 0) is 4.74 Å². The maximum absolute atomic E-state index is 5.63. The Morgan fingerprint density at radius 2 is 2.38 bits per heavy atom. The van der Waals surface area contributed by atoms with E-state index in [1.807, 2.05) is 18.4 Å². The van der Waals surface area contributed by atoms with E-state index in [1.54, 1.807) is 0 Å². The highest BCUT2D eigenvalue weighted by Crippen LogP contribution is 2.35. The highest BCUT2D eigenvalue weighted by Gasteiger charge is 2.37. The van der Waals surface area contributed by atoms with E-state index in [4.69, 9.17) is 4.74 Å². The summed E-state index contributed by atoms with van der Waals surface area (Å²) < 4.78 is 5.63. The molecule has 1 aliphatic carbocycles. The Hall–Kier alpha value is -0.380. The number of nitrogens with one attached hydrogen (secondary N) is 1. The van der Waals surface area contributed by atoms with Gasteiger partial charge in [0.1, 0.15) is 0 Å². The van der Waals surface area contributed by atoms with Crippen molar-refractivity contribution in [3.8, 4) is 0 Å². The molecule has 1 saturated carbocycles. The summed E-state index contributed by atoms with van der Waals surface area (Å²) in [6.45, 7) is 3.22. The fourth-order valence-corrected chi connectivity index (χ4v) is 3.15. The molecule has 0 saturated heterocycles. The molecule has 0 bridgehead atoms. The largest absolute Gasteiger partial charge is 0.377 e. The normalized spacial score (nSPS) is 20.4. The smallest absolute Gasteiger partial charge is 0.0802 e. The van der Waals surface area contributed by atoms with Crippen LogP contribution in [0.2, 0.25) is 0 Å². The molecule has 0 spiro atoms. The van der Waals surface area contributed by atoms with Crippen molar-refractivity contribution in [2.45, 2.75) is 44.2 Å². The van der Waals surface area contributed by atoms with E-state index in [-0.39, 0.29) is 5.60 Å². The minimum Gasteiger partial charge on any atom is -0.377 e. The van der Waals surface area contributed by atoms with Gasteiger partial charge in [-0.05, 0) is 37.1 Å². The molecule has 0 amide bonds. The molecular formula is C13H21NOS. The van der Waals surface area contributed by atoms with Gasteiger partial charge >= 0.3 is 0 Å². The molecule has 1 aliphatic rings. The third-order valence-corrected chi connectivity index (χ3v) is 4.65. The molecule has 0 aliphatic heterocycles. The quantitative estimate of drug-likeness (QED) is 0.822. The Kier molecular flexibility index (Phi) is 4.00. The summed E-state index contributed by atoms with van der Waals surface area (Å²) in [7, 11) is 1.84. The fourth-order valence-electron chi connectivity index (χ4n) is 2.27. The summed E-state index contributed by atoms with van der Waals surface area (Å²) in [5, 5.41) is 5.80. The van der Waals surface area contributed by atoms with Gasteiger partial charge < -0.3 is 10.1 Å². The van der Waals surface area contributed by atoms with E-state index in [9.17, 15) is 0 Å². The Morgan fingerprint density at radius 1 is 1.56 bits per heavy atom. The Balaban J connectivity index is 1.88. The van der Waals surface area contributed by atoms with Crippen LogP contribution in [-0.4, -0.2) is 19.3 Å². The van der Waals surface area contributed by atoms with Crippen molar-refractivity contribution in [1.29, 1.82) is 0 Å². The summed E-state index contributed by atoms with van der Waals surface area (Å²) in [6.07, 6.45) is 4.86. The van der Waals surface area contributed by atoms with Gasteiger partial charge in [-0.15, -0.1) is 11.3 Å². The Morgan fingerprint density at radius 3 is 2.81 bits per heavy atom. The topological polar surface area (TPSA) is 21.3 Å². The monoisotopic (exact) mass is 239 g/mol. The average Bonchev–Trinajstić information content (AvgIpc) is 2.76. The van der Waals surface area contributed by atoms with Gasteiger partial charge in [0.05, 0.1) is 5.60 Å². The molecule has 3 heteroatoms. The maximum Gasteiger partial charge on any atom is 0.0802 e. The van der Waals surface area contributed by atoms with Crippen LogP contribution in [0.15, 0.2) is 17.5 Å². The third kappa shape index (κ3) is 2.47. The zero-order valence-electron chi connectivity index (χ0n) is 10.2. The first-order valence-electron chi connectivity index (χ1n) is 6.11. The number of ether oxygens (including phenoxy) is 1. The number of hydrogen-bond donors (Lipinski definition) is 1. The second-order valence-electron chi connectivity index (χ2n) is 4.60. The molecule has 90 valence electrons. The van der Waals surface area contributed by atoms with Crippen LogP contribution in [0.25, 0.3) is 0 Å². The molecule has 2 rings (SSSR count). The Bertz CT molecular complexity index is 300. The van der Waals surface area contributed by atoms with Crippen molar-refractivity contribution in [3.63, 3.8) is 0 Å². The van der Waals surface area contributed by atoms with Crippen LogP contribution < -0.4 is 5.32 Å². The maximum atomic E-state index is 5.63. The summed E-state index contributed by atoms with van der Waals surface area (Å²) in [5.74, 6) is 0. The SMILES string of the molecule is CCC(NCC1(OC)CCC1)c1cccs1. The molecular weight excluding hydrogens is 218 g/mol. The molecule has 0 aromatic carbocycles. The van der Waals surface area contributed by atoms with Crippen molar-refractivity contribution in [1.82, 2.24) is 5.32 Å². The summed E-state index contributed by atoms with van der Waals surface area (Å²) >= 11 is 1.84. The van der Waals surface area contributed by atoms with Gasteiger partial charge in [-0.25, -0.2) is 0 Å². The lowest BCUT2D eigenvalue weighted by Gasteiger charge is -2.41. The van der Waals surface area contributed by atoms with Gasteiger partial charge in [-0.3, -0.25) is 0 Å². The van der Waals surface area contributed by atoms with Gasteiger partial charge in [0, 0.05) is 24.6 Å². The van der Waals surface area contributed by atoms with E-state index in [1.165, 1.54) is 24.1 Å². The van der Waals surface area contributed by atoms with E-state index in [0.29, 0.717) is 6.04 Å². The second kappa shape index (κ2) is 5.30. The lowest BCUT2D eigenvalue weighted by molar-refractivity contribution is -0.0709. The molecule has 1 aromatic rings. The molecule has 2 nitrogen and oxygen atoms in total. The van der Waals surface area contributed by atoms with E-state index >= 15 is 0 Å². The average molecular weight is 239 g/mol. The molecule has 1 heterocycles. The minimum absolute atomic E-state index is 0.130.